The van der Waals surface area contributed by atoms with Crippen LogP contribution in [0.1, 0.15) is 81.0 Å². The number of carbonyl (C=O) groups excluding carboxylic acids is 10. The van der Waals surface area contributed by atoms with Gasteiger partial charge in [0.2, 0.25) is 0 Å². The van der Waals surface area contributed by atoms with Gasteiger partial charge in [-0.3, -0.25) is 48.4 Å². The Kier molecular flexibility index (Phi) is 20.5. The van der Waals surface area contributed by atoms with Crippen LogP contribution in [0.15, 0.2) is 242 Å². The van der Waals surface area contributed by atoms with E-state index in [1.54, 1.807) is 135 Å². The van der Waals surface area contributed by atoms with E-state index in [0.717, 1.165) is 79.5 Å². The standard InChI is InChI=1S/C86H60N4O18S4/c1-7-25-59(85(99)89(65-35-51(43-109-65)105-69(91)9-3)66-36-52(44-110-66)106-70(92)10-4)87-81(95)55-39-61(101-47-27-17-13-18-28-47)75-77-63(103-49-31-21-15-22-32-49)41-57-74-58(42-64(104-50-33-23-16-24-34-50)78(80(74)77)76-62(102-48-29-19-14-20-30-48)40-56(82(87)96)73(55)79(75)76)84(98)88(83(57)97)60(26-8-2)86(100)90(67-37-53(45-111-67)107-71(93)11-5)68-38-54(46-112-68)108-72(94)12-6/h9-24,27-46,59-60H,3-8,25-26H2,1-2H3. The molecule has 0 radical (unpaired) electrons. The summed E-state index contributed by atoms with van der Waals surface area (Å²) in [6.07, 6.45) is 4.16. The number of para-hydroxylation sites is 4. The van der Waals surface area contributed by atoms with Gasteiger partial charge in [-0.05, 0) is 85.6 Å². The minimum absolute atomic E-state index is 0.0219. The van der Waals surface area contributed by atoms with Crippen LogP contribution in [0.3, 0.4) is 0 Å². The summed E-state index contributed by atoms with van der Waals surface area (Å²) < 4.78 is 50.6. The zero-order valence-electron chi connectivity index (χ0n) is 59.4. The van der Waals surface area contributed by atoms with Crippen LogP contribution >= 0.6 is 45.3 Å². The average molecular weight is 1570 g/mol. The number of esters is 4. The fourth-order valence-corrected chi connectivity index (χ4v) is 17.1. The van der Waals surface area contributed by atoms with E-state index in [2.05, 4.69) is 26.3 Å². The third-order valence-electron chi connectivity index (χ3n) is 18.3. The molecule has 9 aromatic carbocycles. The molecule has 2 unspecified atom stereocenters. The molecule has 2 aliphatic heterocycles. The highest BCUT2D eigenvalue weighted by Gasteiger charge is 2.48. The fraction of sp³-hybridized carbons (Fsp3) is 0.0930. The third-order valence-corrected chi connectivity index (χ3v) is 21.8. The number of hydrogen-bond acceptors (Lipinski definition) is 22. The van der Waals surface area contributed by atoms with Crippen molar-refractivity contribution in [3.8, 4) is 69.0 Å². The number of nitrogens with zero attached hydrogens (tertiary/aromatic N) is 4. The first-order chi connectivity index (χ1) is 54.4. The lowest BCUT2D eigenvalue weighted by Crippen LogP contribution is -2.54. The predicted octanol–water partition coefficient (Wildman–Crippen LogP) is 19.8. The monoisotopic (exact) mass is 1560 g/mol. The molecule has 6 amide bonds. The lowest BCUT2D eigenvalue weighted by molar-refractivity contribution is -0.129. The maximum atomic E-state index is 16.6. The molecule has 15 rings (SSSR count). The Balaban J connectivity index is 1.01. The number of thiophene rings is 4. The zero-order chi connectivity index (χ0) is 78.2. The minimum atomic E-state index is -1.60. The molecule has 0 bridgehead atoms. The SMILES string of the molecule is C=CC(=O)Oc1csc(N(C(=O)C(CCC)N2C(=O)c3cc(Oc4ccccc4)c4c5c(Oc6ccccc6)cc6c7c(cc(Oc8ccccc8)c(c8c(Oc9ccccc9)cc(c3c48)C2=O)c75)C(=O)N(C(CCC)C(=O)N(c2cc(OC(=O)C=C)cs2)c2cc(OC(=O)C=C)cs2)C6=O)c2cc(OC(=O)C=C)cs2)c1. The van der Waals surface area contributed by atoms with Crippen molar-refractivity contribution in [1.82, 2.24) is 9.80 Å². The fourth-order valence-electron chi connectivity index (χ4n) is 13.7. The molecule has 22 nitrogen and oxygen atoms in total. The van der Waals surface area contributed by atoms with E-state index >= 15 is 28.8 Å². The summed E-state index contributed by atoms with van der Waals surface area (Å²) in [5, 5.41) is 7.94. The van der Waals surface area contributed by atoms with E-state index in [9.17, 15) is 19.2 Å². The molecule has 2 atom stereocenters. The highest BCUT2D eigenvalue weighted by Crippen LogP contribution is 2.59. The van der Waals surface area contributed by atoms with Gasteiger partial charge in [0.1, 0.15) is 101 Å². The average Bonchev–Trinajstić information content (AvgIpc) is 1.63. The van der Waals surface area contributed by atoms with Crippen molar-refractivity contribution in [2.45, 2.75) is 51.6 Å². The van der Waals surface area contributed by atoms with E-state index < -0.39 is 71.4 Å². The maximum Gasteiger partial charge on any atom is 0.335 e. The second-order valence-corrected chi connectivity index (χ2v) is 28.8. The van der Waals surface area contributed by atoms with Crippen molar-refractivity contribution < 1.29 is 85.8 Å². The van der Waals surface area contributed by atoms with Gasteiger partial charge in [-0.15, -0.1) is 45.3 Å². The topological polar surface area (TPSA) is 258 Å². The van der Waals surface area contributed by atoms with Crippen LogP contribution in [0.5, 0.6) is 69.0 Å². The lowest BCUT2D eigenvalue weighted by atomic mass is 9.80. The molecule has 2 aliphatic rings. The van der Waals surface area contributed by atoms with Gasteiger partial charge in [-0.2, -0.15) is 0 Å². The van der Waals surface area contributed by atoms with E-state index in [1.807, 2.05) is 0 Å². The van der Waals surface area contributed by atoms with Crippen LogP contribution < -0.4 is 47.7 Å². The number of fused-ring (bicyclic) bond motifs is 2. The molecule has 112 heavy (non-hydrogen) atoms. The molecule has 0 aliphatic carbocycles. The van der Waals surface area contributed by atoms with Gasteiger partial charge in [0, 0.05) is 113 Å². The van der Waals surface area contributed by atoms with Crippen molar-refractivity contribution in [3.05, 3.63) is 264 Å². The number of ether oxygens (including phenoxy) is 8. The Morgan fingerprint density at radius 3 is 0.786 bits per heavy atom. The molecule has 0 spiro atoms. The molecule has 0 fully saturated rings. The largest absolute Gasteiger partial charge is 0.457 e. The van der Waals surface area contributed by atoms with Crippen molar-refractivity contribution in [3.63, 3.8) is 0 Å². The third kappa shape index (κ3) is 13.8. The Bertz CT molecular complexity index is 5370. The van der Waals surface area contributed by atoms with Crippen LogP contribution in [-0.4, -0.2) is 81.2 Å². The predicted molar refractivity (Wildman–Crippen MR) is 427 cm³/mol. The van der Waals surface area contributed by atoms with Crippen LogP contribution in [-0.2, 0) is 28.8 Å². The Morgan fingerprint density at radius 1 is 0.339 bits per heavy atom. The maximum absolute atomic E-state index is 16.6. The second kappa shape index (κ2) is 31.1. The van der Waals surface area contributed by atoms with Crippen molar-refractivity contribution in [2.75, 3.05) is 9.80 Å². The molecular formula is C86H60N4O18S4. The Labute approximate surface area is 653 Å². The highest BCUT2D eigenvalue weighted by atomic mass is 32.1. The van der Waals surface area contributed by atoms with Gasteiger partial charge in [-0.25, -0.2) is 19.2 Å². The molecule has 0 N–H and O–H groups in total. The number of hydrogen-bond donors (Lipinski definition) is 0. The molecular weight excluding hydrogens is 1510 g/mol. The van der Waals surface area contributed by atoms with Gasteiger partial charge in [-0.1, -0.05) is 126 Å². The lowest BCUT2D eigenvalue weighted by Gasteiger charge is -2.37. The molecule has 0 saturated carbocycles. The van der Waals surface area contributed by atoms with Crippen LogP contribution in [0.4, 0.5) is 20.0 Å². The first-order valence-electron chi connectivity index (χ1n) is 34.8. The van der Waals surface area contributed by atoms with E-state index in [-0.39, 0.29) is 180 Å². The quantitative estimate of drug-likeness (QED) is 0.0145. The molecule has 13 aromatic rings. The molecule has 6 heterocycles. The number of carbonyl (C=O) groups is 10. The number of imide groups is 2. The normalized spacial score (nSPS) is 12.8. The summed E-state index contributed by atoms with van der Waals surface area (Å²) in [5.41, 5.74) is -0.457. The second-order valence-electron chi connectivity index (χ2n) is 25.2. The molecule has 0 saturated heterocycles. The summed E-state index contributed by atoms with van der Waals surface area (Å²) in [5.74, 6) is -7.23. The smallest absolute Gasteiger partial charge is 0.335 e. The summed E-state index contributed by atoms with van der Waals surface area (Å²) in [7, 11) is 0. The van der Waals surface area contributed by atoms with Gasteiger partial charge in [0.25, 0.3) is 35.4 Å². The van der Waals surface area contributed by atoms with Crippen LogP contribution in [0, 0.1) is 0 Å². The summed E-state index contributed by atoms with van der Waals surface area (Å²) in [6, 6.07) is 43.1. The van der Waals surface area contributed by atoms with E-state index in [4.69, 9.17) is 37.9 Å². The van der Waals surface area contributed by atoms with E-state index in [1.165, 1.54) is 79.9 Å². The number of anilines is 4. The Hall–Kier alpha value is -13.7. The van der Waals surface area contributed by atoms with E-state index in [0.29, 0.717) is 0 Å². The highest BCUT2D eigenvalue weighted by molar-refractivity contribution is 7.18. The van der Waals surface area contributed by atoms with Gasteiger partial charge >= 0.3 is 23.9 Å². The van der Waals surface area contributed by atoms with Crippen molar-refractivity contribution in [1.29, 1.82) is 0 Å². The number of rotatable bonds is 28. The minimum Gasteiger partial charge on any atom is -0.457 e. The van der Waals surface area contributed by atoms with Gasteiger partial charge < -0.3 is 37.9 Å². The van der Waals surface area contributed by atoms with Gasteiger partial charge in [0.05, 0.1) is 22.3 Å². The van der Waals surface area contributed by atoms with Crippen molar-refractivity contribution in [2.24, 2.45) is 0 Å². The Morgan fingerprint density at radius 2 is 0.571 bits per heavy atom. The summed E-state index contributed by atoms with van der Waals surface area (Å²) >= 11 is 4.04. The first-order valence-corrected chi connectivity index (χ1v) is 38.3. The molecule has 4 aromatic heterocycles. The number of amides is 6. The summed E-state index contributed by atoms with van der Waals surface area (Å²) in [4.78, 5) is 154. The number of benzene rings is 9. The first kappa shape index (κ1) is 73.8. The zero-order valence-corrected chi connectivity index (χ0v) is 62.6. The van der Waals surface area contributed by atoms with Gasteiger partial charge in [0.15, 0.2) is 0 Å². The molecule has 556 valence electrons. The van der Waals surface area contributed by atoms with Crippen LogP contribution in [0.2, 0.25) is 0 Å². The van der Waals surface area contributed by atoms with Crippen molar-refractivity contribution >= 4 is 168 Å². The van der Waals surface area contributed by atoms with Crippen LogP contribution in [0.25, 0.3) is 43.1 Å². The summed E-state index contributed by atoms with van der Waals surface area (Å²) in [6.45, 7) is 17.6. The molecule has 26 heteroatoms.